The Hall–Kier alpha value is -2.58. The highest BCUT2D eigenvalue weighted by Gasteiger charge is 2.27. The summed E-state index contributed by atoms with van der Waals surface area (Å²) >= 11 is 0. The van der Waals surface area contributed by atoms with Crippen LogP contribution in [-0.4, -0.2) is 45.9 Å². The van der Waals surface area contributed by atoms with E-state index in [2.05, 4.69) is 5.32 Å². The minimum atomic E-state index is -3.58. The van der Waals surface area contributed by atoms with Crippen molar-refractivity contribution in [1.29, 1.82) is 0 Å². The highest BCUT2D eigenvalue weighted by molar-refractivity contribution is 7.89. The zero-order chi connectivity index (χ0) is 19.4. The van der Waals surface area contributed by atoms with Crippen LogP contribution in [0.1, 0.15) is 23.2 Å². The van der Waals surface area contributed by atoms with Gasteiger partial charge in [0.2, 0.25) is 10.0 Å². The maximum Gasteiger partial charge on any atom is 0.255 e. The van der Waals surface area contributed by atoms with Crippen molar-refractivity contribution >= 4 is 21.6 Å². The highest BCUT2D eigenvalue weighted by atomic mass is 32.2. The van der Waals surface area contributed by atoms with E-state index in [0.29, 0.717) is 30.3 Å². The van der Waals surface area contributed by atoms with Gasteiger partial charge in [0.1, 0.15) is 11.5 Å². The second-order valence-electron chi connectivity index (χ2n) is 6.16. The topological polar surface area (TPSA) is 84.9 Å². The number of hydrogen-bond donors (Lipinski definition) is 1. The van der Waals surface area contributed by atoms with Gasteiger partial charge in [0.25, 0.3) is 5.91 Å². The summed E-state index contributed by atoms with van der Waals surface area (Å²) in [5.41, 5.74) is 0.726. The maximum atomic E-state index is 12.7. The lowest BCUT2D eigenvalue weighted by molar-refractivity contribution is 0.102. The van der Waals surface area contributed by atoms with Gasteiger partial charge < -0.3 is 14.8 Å². The van der Waals surface area contributed by atoms with Gasteiger partial charge in [-0.15, -0.1) is 0 Å². The first-order chi connectivity index (χ1) is 13.0. The number of benzene rings is 2. The van der Waals surface area contributed by atoms with Crippen LogP contribution in [0.5, 0.6) is 11.5 Å². The van der Waals surface area contributed by atoms with Crippen molar-refractivity contribution in [3.05, 3.63) is 48.0 Å². The molecule has 8 heteroatoms. The summed E-state index contributed by atoms with van der Waals surface area (Å²) in [5, 5.41) is 2.75. The Morgan fingerprint density at radius 1 is 1.04 bits per heavy atom. The number of nitrogens with zero attached hydrogens (tertiary/aromatic N) is 1. The number of amides is 1. The normalized spacial score (nSPS) is 14.7. The van der Waals surface area contributed by atoms with Gasteiger partial charge in [0.15, 0.2) is 0 Å². The standard InChI is InChI=1S/C19H22N2O5S/c1-25-15-8-9-17(18(13-15)26-2)20-19(22)14-6-5-7-16(12-14)27(23,24)21-10-3-4-11-21/h5-9,12-13H,3-4,10-11H2,1-2H3,(H,20,22). The van der Waals surface area contributed by atoms with Crippen molar-refractivity contribution in [1.82, 2.24) is 4.31 Å². The fraction of sp³-hybridized carbons (Fsp3) is 0.316. The van der Waals surface area contributed by atoms with Crippen LogP contribution in [0.2, 0.25) is 0 Å². The monoisotopic (exact) mass is 390 g/mol. The molecule has 0 radical (unpaired) electrons. The molecule has 144 valence electrons. The first kappa shape index (κ1) is 19.2. The quantitative estimate of drug-likeness (QED) is 0.820. The second-order valence-corrected chi connectivity index (χ2v) is 8.10. The van der Waals surface area contributed by atoms with E-state index < -0.39 is 15.9 Å². The molecule has 2 aromatic carbocycles. The predicted octanol–water partition coefficient (Wildman–Crippen LogP) is 2.74. The van der Waals surface area contributed by atoms with Gasteiger partial charge in [-0.2, -0.15) is 4.31 Å². The summed E-state index contributed by atoms with van der Waals surface area (Å²) in [7, 11) is -0.543. The van der Waals surface area contributed by atoms with E-state index in [-0.39, 0.29) is 10.5 Å². The summed E-state index contributed by atoms with van der Waals surface area (Å²) in [6, 6.07) is 11.1. The predicted molar refractivity (Wildman–Crippen MR) is 102 cm³/mol. The molecular weight excluding hydrogens is 368 g/mol. The number of rotatable bonds is 6. The van der Waals surface area contributed by atoms with Crippen LogP contribution in [0.15, 0.2) is 47.4 Å². The molecule has 1 aliphatic heterocycles. The average Bonchev–Trinajstić information content (AvgIpc) is 3.24. The van der Waals surface area contributed by atoms with Gasteiger partial charge in [-0.25, -0.2) is 8.42 Å². The molecule has 0 unspecified atom stereocenters. The van der Waals surface area contributed by atoms with E-state index in [4.69, 9.17) is 9.47 Å². The zero-order valence-electron chi connectivity index (χ0n) is 15.3. The fourth-order valence-corrected chi connectivity index (χ4v) is 4.54. The largest absolute Gasteiger partial charge is 0.497 e. The van der Waals surface area contributed by atoms with Crippen molar-refractivity contribution in [2.75, 3.05) is 32.6 Å². The van der Waals surface area contributed by atoms with Crippen molar-refractivity contribution in [2.24, 2.45) is 0 Å². The number of anilines is 1. The molecule has 1 N–H and O–H groups in total. The third-order valence-corrected chi connectivity index (χ3v) is 6.35. The molecule has 0 atom stereocenters. The molecule has 0 aromatic heterocycles. The van der Waals surface area contributed by atoms with Crippen LogP contribution in [0.25, 0.3) is 0 Å². The molecule has 0 spiro atoms. The molecule has 0 bridgehead atoms. The number of hydrogen-bond acceptors (Lipinski definition) is 5. The molecule has 1 aliphatic rings. The van der Waals surface area contributed by atoms with E-state index in [1.54, 1.807) is 37.4 Å². The fourth-order valence-electron chi connectivity index (χ4n) is 2.97. The second kappa shape index (κ2) is 7.98. The van der Waals surface area contributed by atoms with Crippen LogP contribution < -0.4 is 14.8 Å². The molecule has 1 saturated heterocycles. The maximum absolute atomic E-state index is 12.7. The molecule has 0 aliphatic carbocycles. The number of sulfonamides is 1. The summed E-state index contributed by atoms with van der Waals surface area (Å²) in [6.45, 7) is 1.03. The molecular formula is C19H22N2O5S. The lowest BCUT2D eigenvalue weighted by Crippen LogP contribution is -2.28. The van der Waals surface area contributed by atoms with Crippen LogP contribution in [-0.2, 0) is 10.0 Å². The summed E-state index contributed by atoms with van der Waals surface area (Å²) in [4.78, 5) is 12.8. The Bertz CT molecular complexity index is 937. The van der Waals surface area contributed by atoms with E-state index >= 15 is 0 Å². The first-order valence-electron chi connectivity index (χ1n) is 8.59. The third-order valence-electron chi connectivity index (χ3n) is 4.46. The van der Waals surface area contributed by atoms with E-state index in [1.807, 2.05) is 0 Å². The van der Waals surface area contributed by atoms with Gasteiger partial charge >= 0.3 is 0 Å². The Labute approximate surface area is 158 Å². The van der Waals surface area contributed by atoms with Crippen molar-refractivity contribution in [3.8, 4) is 11.5 Å². The molecule has 1 amide bonds. The molecule has 0 saturated carbocycles. The minimum Gasteiger partial charge on any atom is -0.497 e. The SMILES string of the molecule is COc1ccc(NC(=O)c2cccc(S(=O)(=O)N3CCCC3)c2)c(OC)c1. The van der Waals surface area contributed by atoms with Gasteiger partial charge in [-0.05, 0) is 43.2 Å². The van der Waals surface area contributed by atoms with Crippen molar-refractivity contribution in [2.45, 2.75) is 17.7 Å². The molecule has 1 fully saturated rings. The smallest absolute Gasteiger partial charge is 0.255 e. The molecule has 3 rings (SSSR count). The molecule has 1 heterocycles. The van der Waals surface area contributed by atoms with Crippen molar-refractivity contribution < 1.29 is 22.7 Å². The number of ether oxygens (including phenoxy) is 2. The lowest BCUT2D eigenvalue weighted by Gasteiger charge is -2.16. The van der Waals surface area contributed by atoms with Crippen LogP contribution in [0, 0.1) is 0 Å². The molecule has 2 aromatic rings. The summed E-state index contributed by atoms with van der Waals surface area (Å²) < 4.78 is 37.3. The average molecular weight is 390 g/mol. The highest BCUT2D eigenvalue weighted by Crippen LogP contribution is 2.29. The van der Waals surface area contributed by atoms with Crippen molar-refractivity contribution in [3.63, 3.8) is 0 Å². The first-order valence-corrected chi connectivity index (χ1v) is 10.0. The minimum absolute atomic E-state index is 0.124. The van der Waals surface area contributed by atoms with Crippen LogP contribution in [0.3, 0.4) is 0 Å². The summed E-state index contributed by atoms with van der Waals surface area (Å²) in [6.07, 6.45) is 1.72. The van der Waals surface area contributed by atoms with E-state index in [1.165, 1.54) is 23.5 Å². The van der Waals surface area contributed by atoms with Crippen LogP contribution in [0.4, 0.5) is 5.69 Å². The van der Waals surface area contributed by atoms with Gasteiger partial charge in [0.05, 0.1) is 24.8 Å². The van der Waals surface area contributed by atoms with Gasteiger partial charge in [-0.1, -0.05) is 6.07 Å². The number of carbonyl (C=O) groups excluding carboxylic acids is 1. The Kier molecular flexibility index (Phi) is 5.67. The van der Waals surface area contributed by atoms with Gasteiger partial charge in [-0.3, -0.25) is 4.79 Å². The van der Waals surface area contributed by atoms with Gasteiger partial charge in [0, 0.05) is 24.7 Å². The Morgan fingerprint density at radius 2 is 1.78 bits per heavy atom. The lowest BCUT2D eigenvalue weighted by atomic mass is 10.2. The number of nitrogens with one attached hydrogen (secondary N) is 1. The number of methoxy groups -OCH3 is 2. The van der Waals surface area contributed by atoms with E-state index in [0.717, 1.165) is 12.8 Å². The third kappa shape index (κ3) is 4.06. The Balaban J connectivity index is 1.84. The zero-order valence-corrected chi connectivity index (χ0v) is 16.1. The molecule has 7 nitrogen and oxygen atoms in total. The van der Waals surface area contributed by atoms with E-state index in [9.17, 15) is 13.2 Å². The van der Waals surface area contributed by atoms with Crippen LogP contribution >= 0.6 is 0 Å². The summed E-state index contributed by atoms with van der Waals surface area (Å²) in [5.74, 6) is 0.629. The molecule has 27 heavy (non-hydrogen) atoms. The number of carbonyl (C=O) groups is 1. The Morgan fingerprint density at radius 3 is 2.44 bits per heavy atom.